The number of ether oxygens (including phenoxy) is 2. The molecule has 4 bridgehead atoms. The van der Waals surface area contributed by atoms with E-state index in [1.165, 1.54) is 6.92 Å². The first-order chi connectivity index (χ1) is 11.8. The topological polar surface area (TPSA) is 107 Å². The van der Waals surface area contributed by atoms with Crippen LogP contribution in [0.15, 0.2) is 12.2 Å². The lowest BCUT2D eigenvalue weighted by Gasteiger charge is -2.39. The molecule has 0 aromatic carbocycles. The normalized spacial score (nSPS) is 35.4. The molecule has 0 aromatic rings. The second-order valence-corrected chi connectivity index (χ2v) is 9.33. The summed E-state index contributed by atoms with van der Waals surface area (Å²) in [6.45, 7) is 3.29. The lowest BCUT2D eigenvalue weighted by Crippen LogP contribution is -2.44. The Kier molecular flexibility index (Phi) is 4.23. The third kappa shape index (κ3) is 2.92. The molecule has 4 aliphatic carbocycles. The summed E-state index contributed by atoms with van der Waals surface area (Å²) in [6.07, 6.45) is 2.33. The van der Waals surface area contributed by atoms with Gasteiger partial charge in [-0.1, -0.05) is 6.58 Å². The minimum atomic E-state index is -5.68. The molecule has 4 rings (SSSR count). The fourth-order valence-corrected chi connectivity index (χ4v) is 5.12. The molecule has 0 heterocycles. The zero-order valence-corrected chi connectivity index (χ0v) is 15.0. The van der Waals surface area contributed by atoms with Gasteiger partial charge in [-0.25, -0.2) is 4.79 Å². The van der Waals surface area contributed by atoms with Crippen molar-refractivity contribution in [2.45, 2.75) is 49.9 Å². The SMILES string of the molecule is C=C(C)C(=O)OC12CC3CC(C1)C(C(=O)OCC(F)(F)S(=O)(=O)O)(C3)C2. The second kappa shape index (κ2) is 5.72. The van der Waals surface area contributed by atoms with E-state index in [1.54, 1.807) is 0 Å². The number of alkyl halides is 2. The van der Waals surface area contributed by atoms with E-state index >= 15 is 0 Å². The smallest absolute Gasteiger partial charge is 0.402 e. The summed E-state index contributed by atoms with van der Waals surface area (Å²) in [5.74, 6) is -1.56. The van der Waals surface area contributed by atoms with Crippen LogP contribution in [0.4, 0.5) is 8.78 Å². The molecule has 146 valence electrons. The van der Waals surface area contributed by atoms with Crippen molar-refractivity contribution in [3.05, 3.63) is 12.2 Å². The molecule has 4 fully saturated rings. The molecule has 0 saturated heterocycles. The molecule has 0 radical (unpaired) electrons. The standard InChI is InChI=1S/C16H20F2O7S/c1-9(2)12(19)25-14-4-10-3-11(6-14)15(5-10,7-14)13(20)24-8-16(17,18)26(21,22)23/h10-11H,1,3-8H2,2H3,(H,21,22,23). The van der Waals surface area contributed by atoms with E-state index in [0.717, 1.165) is 0 Å². The Morgan fingerprint density at radius 3 is 2.54 bits per heavy atom. The van der Waals surface area contributed by atoms with Crippen LogP contribution < -0.4 is 0 Å². The molecule has 0 amide bonds. The first-order valence-corrected chi connectivity index (χ1v) is 9.65. The molecule has 10 heteroatoms. The summed E-state index contributed by atoms with van der Waals surface area (Å²) in [4.78, 5) is 24.5. The van der Waals surface area contributed by atoms with Gasteiger partial charge in [0.1, 0.15) is 5.60 Å². The molecule has 4 aliphatic rings. The first kappa shape index (κ1) is 19.2. The third-order valence-corrected chi connectivity index (χ3v) is 6.65. The maximum Gasteiger partial charge on any atom is 0.402 e. The van der Waals surface area contributed by atoms with Crippen molar-refractivity contribution in [1.82, 2.24) is 0 Å². The quantitative estimate of drug-likeness (QED) is 0.417. The molecular formula is C16H20F2O7S. The summed E-state index contributed by atoms with van der Waals surface area (Å²) < 4.78 is 66.7. The van der Waals surface area contributed by atoms with E-state index in [4.69, 9.17) is 9.29 Å². The number of halogens is 2. The van der Waals surface area contributed by atoms with Gasteiger partial charge >= 0.3 is 27.3 Å². The summed E-state index contributed by atoms with van der Waals surface area (Å²) in [5.41, 5.74) is -1.67. The number of carbonyl (C=O) groups excluding carboxylic acids is 2. The van der Waals surface area contributed by atoms with E-state index in [9.17, 15) is 26.8 Å². The number of hydrogen-bond acceptors (Lipinski definition) is 6. The van der Waals surface area contributed by atoms with Crippen LogP contribution in [-0.2, 0) is 29.2 Å². The van der Waals surface area contributed by atoms with Crippen LogP contribution in [0.5, 0.6) is 0 Å². The van der Waals surface area contributed by atoms with E-state index in [1.807, 2.05) is 0 Å². The molecule has 7 nitrogen and oxygen atoms in total. The van der Waals surface area contributed by atoms with Crippen molar-refractivity contribution < 1.29 is 40.8 Å². The maximum atomic E-state index is 13.3. The molecule has 4 atom stereocenters. The zero-order valence-electron chi connectivity index (χ0n) is 14.2. The van der Waals surface area contributed by atoms with Gasteiger partial charge in [-0.05, 0) is 44.4 Å². The predicted molar refractivity (Wildman–Crippen MR) is 83.6 cm³/mol. The highest BCUT2D eigenvalue weighted by Crippen LogP contribution is 2.68. The van der Waals surface area contributed by atoms with Crippen LogP contribution in [0.25, 0.3) is 0 Å². The Morgan fingerprint density at radius 2 is 1.96 bits per heavy atom. The summed E-state index contributed by atoms with van der Waals surface area (Å²) in [5, 5.41) is -4.57. The van der Waals surface area contributed by atoms with Gasteiger partial charge in [-0.2, -0.15) is 17.2 Å². The van der Waals surface area contributed by atoms with Gasteiger partial charge in [0.2, 0.25) is 0 Å². The average Bonchev–Trinajstić information content (AvgIpc) is 2.87. The van der Waals surface area contributed by atoms with Crippen molar-refractivity contribution in [1.29, 1.82) is 0 Å². The van der Waals surface area contributed by atoms with Gasteiger partial charge in [0.05, 0.1) is 5.41 Å². The fourth-order valence-electron chi connectivity index (χ4n) is 4.91. The van der Waals surface area contributed by atoms with Crippen LogP contribution in [0.2, 0.25) is 0 Å². The highest BCUT2D eigenvalue weighted by atomic mass is 32.2. The van der Waals surface area contributed by atoms with Crippen LogP contribution in [0.1, 0.15) is 39.0 Å². The Morgan fingerprint density at radius 1 is 1.31 bits per heavy atom. The van der Waals surface area contributed by atoms with Crippen LogP contribution in [0, 0.1) is 17.3 Å². The van der Waals surface area contributed by atoms with Crippen molar-refractivity contribution in [3.8, 4) is 0 Å². The monoisotopic (exact) mass is 394 g/mol. The molecule has 0 spiro atoms. The average molecular weight is 394 g/mol. The number of carbonyl (C=O) groups is 2. The Labute approximate surface area is 149 Å². The summed E-state index contributed by atoms with van der Waals surface area (Å²) in [6, 6.07) is 0. The highest BCUT2D eigenvalue weighted by Gasteiger charge is 2.69. The minimum absolute atomic E-state index is 0.107. The lowest BCUT2D eigenvalue weighted by molar-refractivity contribution is -0.171. The third-order valence-electron chi connectivity index (χ3n) is 5.78. The number of rotatable bonds is 6. The second-order valence-electron chi connectivity index (χ2n) is 7.79. The fraction of sp³-hybridized carbons (Fsp3) is 0.750. The maximum absolute atomic E-state index is 13.3. The number of hydrogen-bond donors (Lipinski definition) is 1. The highest BCUT2D eigenvalue weighted by molar-refractivity contribution is 7.86. The molecule has 4 saturated carbocycles. The van der Waals surface area contributed by atoms with E-state index < -0.39 is 44.9 Å². The molecule has 0 aromatic heterocycles. The van der Waals surface area contributed by atoms with E-state index in [0.29, 0.717) is 25.7 Å². The van der Waals surface area contributed by atoms with Gasteiger partial charge < -0.3 is 9.47 Å². The van der Waals surface area contributed by atoms with Crippen molar-refractivity contribution in [2.24, 2.45) is 17.3 Å². The number of esters is 2. The summed E-state index contributed by atoms with van der Waals surface area (Å²) in [7, 11) is -5.68. The first-order valence-electron chi connectivity index (χ1n) is 8.21. The van der Waals surface area contributed by atoms with Gasteiger partial charge in [-0.15, -0.1) is 0 Å². The van der Waals surface area contributed by atoms with E-state index in [-0.39, 0.29) is 23.8 Å². The Balaban J connectivity index is 1.75. The Bertz CT molecular complexity index is 777. The van der Waals surface area contributed by atoms with E-state index in [2.05, 4.69) is 11.3 Å². The molecule has 1 N–H and O–H groups in total. The molecule has 0 aliphatic heterocycles. The van der Waals surface area contributed by atoms with Crippen molar-refractivity contribution in [2.75, 3.05) is 6.61 Å². The Hall–Kier alpha value is -1.55. The van der Waals surface area contributed by atoms with Crippen molar-refractivity contribution >= 4 is 22.1 Å². The largest absolute Gasteiger partial charge is 0.458 e. The zero-order chi connectivity index (χ0) is 19.5. The van der Waals surface area contributed by atoms with Gasteiger partial charge in [0.15, 0.2) is 6.61 Å². The summed E-state index contributed by atoms with van der Waals surface area (Å²) >= 11 is 0. The van der Waals surface area contributed by atoms with Gasteiger partial charge in [-0.3, -0.25) is 9.35 Å². The molecule has 26 heavy (non-hydrogen) atoms. The van der Waals surface area contributed by atoms with Crippen LogP contribution in [-0.4, -0.2) is 42.4 Å². The molecule has 4 unspecified atom stereocenters. The lowest BCUT2D eigenvalue weighted by atomic mass is 9.73. The van der Waals surface area contributed by atoms with Crippen LogP contribution in [0.3, 0.4) is 0 Å². The predicted octanol–water partition coefficient (Wildman–Crippen LogP) is 2.08. The van der Waals surface area contributed by atoms with Crippen LogP contribution >= 0.6 is 0 Å². The van der Waals surface area contributed by atoms with Gasteiger partial charge in [0, 0.05) is 12.0 Å². The van der Waals surface area contributed by atoms with Gasteiger partial charge in [0.25, 0.3) is 0 Å². The van der Waals surface area contributed by atoms with Crippen molar-refractivity contribution in [3.63, 3.8) is 0 Å². The molecular weight excluding hydrogens is 374 g/mol. The minimum Gasteiger partial charge on any atom is -0.458 e.